The molecule has 2 heteroatoms. The number of carbonyl (C=O) groups excluding carboxylic acids is 1. The van der Waals surface area contributed by atoms with Gasteiger partial charge >= 0.3 is 0 Å². The third-order valence-electron chi connectivity index (χ3n) is 3.34. The summed E-state index contributed by atoms with van der Waals surface area (Å²) >= 11 is 0. The average molecular weight is 205 g/mol. The zero-order valence-electron chi connectivity index (χ0n) is 9.87. The highest BCUT2D eigenvalue weighted by Crippen LogP contribution is 2.40. The second-order valence-electron chi connectivity index (χ2n) is 5.11. The fraction of sp³-hybridized carbons (Fsp3) is 0.462. The molecular weight excluding hydrogens is 186 g/mol. The fourth-order valence-corrected chi connectivity index (χ4v) is 1.72. The highest BCUT2D eigenvalue weighted by atomic mass is 16.1. The molecule has 1 unspecified atom stereocenters. The molecule has 0 aliphatic rings. The number of hydrogen-bond acceptors (Lipinski definition) is 1. The maximum Gasteiger partial charge on any atom is 0.228 e. The molecule has 0 aliphatic heterocycles. The molecule has 1 atom stereocenters. The van der Waals surface area contributed by atoms with E-state index in [9.17, 15) is 4.79 Å². The van der Waals surface area contributed by atoms with Crippen LogP contribution in [0.4, 0.5) is 0 Å². The first-order valence-electron chi connectivity index (χ1n) is 5.15. The van der Waals surface area contributed by atoms with Gasteiger partial charge in [0.1, 0.15) is 0 Å². The lowest BCUT2D eigenvalue weighted by Crippen LogP contribution is -2.48. The van der Waals surface area contributed by atoms with Gasteiger partial charge in [-0.25, -0.2) is 0 Å². The Morgan fingerprint density at radius 2 is 1.53 bits per heavy atom. The van der Waals surface area contributed by atoms with Gasteiger partial charge in [-0.2, -0.15) is 0 Å². The number of amides is 1. The van der Waals surface area contributed by atoms with Gasteiger partial charge in [0.15, 0.2) is 0 Å². The minimum Gasteiger partial charge on any atom is -0.369 e. The number of hydrogen-bond donors (Lipinski definition) is 1. The van der Waals surface area contributed by atoms with Crippen molar-refractivity contribution in [3.8, 4) is 0 Å². The lowest BCUT2D eigenvalue weighted by molar-refractivity contribution is -0.126. The van der Waals surface area contributed by atoms with Crippen LogP contribution in [-0.4, -0.2) is 5.91 Å². The number of primary amides is 1. The summed E-state index contributed by atoms with van der Waals surface area (Å²) in [4.78, 5) is 11.7. The zero-order valence-corrected chi connectivity index (χ0v) is 9.87. The van der Waals surface area contributed by atoms with Gasteiger partial charge in [0.05, 0.1) is 5.41 Å². The third kappa shape index (κ3) is 1.89. The highest BCUT2D eigenvalue weighted by molar-refractivity contribution is 5.87. The van der Waals surface area contributed by atoms with Gasteiger partial charge in [0.2, 0.25) is 5.91 Å². The topological polar surface area (TPSA) is 43.1 Å². The van der Waals surface area contributed by atoms with Gasteiger partial charge in [-0.1, -0.05) is 51.1 Å². The number of carbonyl (C=O) groups is 1. The molecule has 1 aromatic carbocycles. The average Bonchev–Trinajstić information content (AvgIpc) is 2.16. The Balaban J connectivity index is 3.32. The van der Waals surface area contributed by atoms with E-state index in [0.717, 1.165) is 5.56 Å². The summed E-state index contributed by atoms with van der Waals surface area (Å²) in [6.07, 6.45) is 0. The van der Waals surface area contributed by atoms with Crippen LogP contribution in [-0.2, 0) is 10.2 Å². The molecule has 0 saturated heterocycles. The predicted molar refractivity (Wildman–Crippen MR) is 62.4 cm³/mol. The van der Waals surface area contributed by atoms with Gasteiger partial charge in [-0.05, 0) is 17.9 Å². The maximum atomic E-state index is 11.7. The maximum absolute atomic E-state index is 11.7. The molecule has 2 N–H and O–H groups in total. The first kappa shape index (κ1) is 11.8. The van der Waals surface area contributed by atoms with Crippen LogP contribution in [0.1, 0.15) is 33.3 Å². The molecule has 0 radical (unpaired) electrons. The van der Waals surface area contributed by atoms with Gasteiger partial charge in [0, 0.05) is 0 Å². The van der Waals surface area contributed by atoms with Crippen molar-refractivity contribution in [2.24, 2.45) is 11.1 Å². The van der Waals surface area contributed by atoms with E-state index >= 15 is 0 Å². The van der Waals surface area contributed by atoms with Crippen LogP contribution in [0.5, 0.6) is 0 Å². The fourth-order valence-electron chi connectivity index (χ4n) is 1.72. The molecule has 0 fully saturated rings. The van der Waals surface area contributed by atoms with E-state index < -0.39 is 5.41 Å². The van der Waals surface area contributed by atoms with Crippen LogP contribution in [0, 0.1) is 5.41 Å². The minimum absolute atomic E-state index is 0.194. The minimum atomic E-state index is -0.631. The van der Waals surface area contributed by atoms with Crippen LogP contribution in [0.3, 0.4) is 0 Å². The van der Waals surface area contributed by atoms with E-state index in [4.69, 9.17) is 5.73 Å². The molecule has 0 aliphatic carbocycles. The van der Waals surface area contributed by atoms with E-state index in [2.05, 4.69) is 0 Å². The van der Waals surface area contributed by atoms with E-state index in [-0.39, 0.29) is 11.3 Å². The van der Waals surface area contributed by atoms with Crippen LogP contribution < -0.4 is 5.73 Å². The number of rotatable bonds is 2. The molecular formula is C13H19NO. The Kier molecular flexibility index (Phi) is 2.89. The Hall–Kier alpha value is -1.31. The summed E-state index contributed by atoms with van der Waals surface area (Å²) < 4.78 is 0. The van der Waals surface area contributed by atoms with Gasteiger partial charge in [0.25, 0.3) is 0 Å². The Morgan fingerprint density at radius 3 is 1.87 bits per heavy atom. The lowest BCUT2D eigenvalue weighted by Gasteiger charge is -2.39. The Morgan fingerprint density at radius 1 is 1.07 bits per heavy atom. The zero-order chi connectivity index (χ0) is 11.7. The van der Waals surface area contributed by atoms with E-state index in [0.29, 0.717) is 0 Å². The smallest absolute Gasteiger partial charge is 0.228 e. The molecule has 1 amide bonds. The van der Waals surface area contributed by atoms with E-state index in [1.54, 1.807) is 0 Å². The summed E-state index contributed by atoms with van der Waals surface area (Å²) in [6, 6.07) is 9.71. The van der Waals surface area contributed by atoms with Crippen LogP contribution in [0.2, 0.25) is 0 Å². The van der Waals surface area contributed by atoms with Crippen LogP contribution >= 0.6 is 0 Å². The van der Waals surface area contributed by atoms with Crippen molar-refractivity contribution in [2.45, 2.75) is 33.1 Å². The van der Waals surface area contributed by atoms with E-state index in [1.807, 2.05) is 58.0 Å². The SMILES string of the molecule is CC(C)(C)C(C)(C(N)=O)c1ccccc1. The molecule has 82 valence electrons. The summed E-state index contributed by atoms with van der Waals surface area (Å²) in [6.45, 7) is 8.00. The number of nitrogens with two attached hydrogens (primary N) is 1. The molecule has 2 nitrogen and oxygen atoms in total. The third-order valence-corrected chi connectivity index (χ3v) is 3.34. The largest absolute Gasteiger partial charge is 0.369 e. The molecule has 0 bridgehead atoms. The lowest BCUT2D eigenvalue weighted by atomic mass is 9.63. The van der Waals surface area contributed by atoms with Crippen LogP contribution in [0.15, 0.2) is 30.3 Å². The molecule has 1 rings (SSSR count). The normalized spacial score (nSPS) is 15.7. The molecule has 15 heavy (non-hydrogen) atoms. The van der Waals surface area contributed by atoms with Crippen molar-refractivity contribution >= 4 is 5.91 Å². The molecule has 0 spiro atoms. The van der Waals surface area contributed by atoms with E-state index in [1.165, 1.54) is 0 Å². The summed E-state index contributed by atoms with van der Waals surface area (Å²) in [5, 5.41) is 0. The predicted octanol–water partition coefficient (Wildman–Crippen LogP) is 2.48. The molecule has 0 heterocycles. The summed E-state index contributed by atoms with van der Waals surface area (Å²) in [5.41, 5.74) is 5.70. The molecule has 0 saturated carbocycles. The van der Waals surface area contributed by atoms with Gasteiger partial charge in [-0.15, -0.1) is 0 Å². The first-order chi connectivity index (χ1) is 6.80. The van der Waals surface area contributed by atoms with Crippen molar-refractivity contribution in [1.29, 1.82) is 0 Å². The highest BCUT2D eigenvalue weighted by Gasteiger charge is 2.44. The first-order valence-corrected chi connectivity index (χ1v) is 5.15. The van der Waals surface area contributed by atoms with Gasteiger partial charge < -0.3 is 5.73 Å². The van der Waals surface area contributed by atoms with Crippen molar-refractivity contribution in [3.63, 3.8) is 0 Å². The standard InChI is InChI=1S/C13H19NO/c1-12(2,3)13(4,11(14)15)10-8-6-5-7-9-10/h5-9H,1-4H3,(H2,14,15). The molecule has 0 aromatic heterocycles. The van der Waals surface area contributed by atoms with Crippen LogP contribution in [0.25, 0.3) is 0 Å². The Bertz CT molecular complexity index is 351. The monoisotopic (exact) mass is 205 g/mol. The Labute approximate surface area is 91.5 Å². The van der Waals surface area contributed by atoms with Crippen molar-refractivity contribution in [3.05, 3.63) is 35.9 Å². The second kappa shape index (κ2) is 3.69. The molecule has 1 aromatic rings. The van der Waals surface area contributed by atoms with Crippen molar-refractivity contribution < 1.29 is 4.79 Å². The van der Waals surface area contributed by atoms with Gasteiger partial charge in [-0.3, -0.25) is 4.79 Å². The summed E-state index contributed by atoms with van der Waals surface area (Å²) in [7, 11) is 0. The quantitative estimate of drug-likeness (QED) is 0.792. The number of benzene rings is 1. The van der Waals surface area contributed by atoms with Crippen molar-refractivity contribution in [1.82, 2.24) is 0 Å². The van der Waals surface area contributed by atoms with Crippen molar-refractivity contribution in [2.75, 3.05) is 0 Å². The second-order valence-corrected chi connectivity index (χ2v) is 5.11. The summed E-state index contributed by atoms with van der Waals surface area (Å²) in [5.74, 6) is -0.277.